The van der Waals surface area contributed by atoms with E-state index in [-0.39, 0.29) is 0 Å². The number of benzene rings is 1. The van der Waals surface area contributed by atoms with Crippen LogP contribution in [0.4, 0.5) is 0 Å². The Balaban J connectivity index is 1.59. The van der Waals surface area contributed by atoms with Crippen molar-refractivity contribution in [3.63, 3.8) is 0 Å². The first kappa shape index (κ1) is 21.8. The highest BCUT2D eigenvalue weighted by molar-refractivity contribution is 5.70. The van der Waals surface area contributed by atoms with Gasteiger partial charge >= 0.3 is 0 Å². The van der Waals surface area contributed by atoms with Crippen molar-refractivity contribution in [1.82, 2.24) is 0 Å². The van der Waals surface area contributed by atoms with Gasteiger partial charge in [0.2, 0.25) is 0 Å². The van der Waals surface area contributed by atoms with Gasteiger partial charge in [-0.2, -0.15) is 0 Å². The molecule has 1 heteroatoms. The number of allylic oxidation sites excluding steroid dienone is 3. The Labute approximate surface area is 178 Å². The number of aryl methyl sites for hydroxylation is 1. The lowest BCUT2D eigenvalue weighted by Crippen LogP contribution is -2.74. The van der Waals surface area contributed by atoms with E-state index in [0.717, 1.165) is 30.3 Å². The molecule has 0 amide bonds. The van der Waals surface area contributed by atoms with Gasteiger partial charge in [-0.15, -0.1) is 0 Å². The van der Waals surface area contributed by atoms with Crippen molar-refractivity contribution in [3.05, 3.63) is 71.5 Å². The van der Waals surface area contributed by atoms with Gasteiger partial charge in [0.05, 0.1) is 0 Å². The molecule has 0 N–H and O–H groups in total. The fraction of sp³-hybridized carbons (Fsp3) is 0.536. The molecule has 0 saturated heterocycles. The third-order valence-electron chi connectivity index (χ3n) is 8.77. The van der Waals surface area contributed by atoms with Gasteiger partial charge in [0, 0.05) is 12.4 Å². The molecular weight excluding hydrogens is 350 g/mol. The van der Waals surface area contributed by atoms with Gasteiger partial charge in [0.25, 0.3) is 0 Å². The molecule has 0 radical (unpaired) electrons. The van der Waals surface area contributed by atoms with E-state index in [9.17, 15) is 0 Å². The third kappa shape index (κ3) is 3.69. The zero-order chi connectivity index (χ0) is 21.4. The molecule has 156 valence electrons. The van der Waals surface area contributed by atoms with Crippen molar-refractivity contribution in [2.75, 3.05) is 0 Å². The first-order valence-corrected chi connectivity index (χ1v) is 11.2. The molecule has 0 aromatic heterocycles. The van der Waals surface area contributed by atoms with Gasteiger partial charge in [-0.1, -0.05) is 70.7 Å². The Kier molecular flexibility index (Phi) is 6.08. The predicted octanol–water partition coefficient (Wildman–Crippen LogP) is 7.82. The van der Waals surface area contributed by atoms with Crippen LogP contribution >= 0.6 is 0 Å². The number of nitrogens with zero attached hydrogens (tertiary/aromatic N) is 1. The normalized spacial score (nSPS) is 31.9. The first-order valence-electron chi connectivity index (χ1n) is 11.2. The summed E-state index contributed by atoms with van der Waals surface area (Å²) >= 11 is 0. The second-order valence-electron chi connectivity index (χ2n) is 10.2. The highest BCUT2D eigenvalue weighted by atomic mass is 14.8. The van der Waals surface area contributed by atoms with Crippen LogP contribution in [0.2, 0.25) is 0 Å². The molecule has 4 rings (SSSR count). The van der Waals surface area contributed by atoms with Gasteiger partial charge in [0.1, 0.15) is 0 Å². The third-order valence-corrected chi connectivity index (χ3v) is 8.77. The van der Waals surface area contributed by atoms with Crippen LogP contribution in [-0.2, 0) is 6.42 Å². The van der Waals surface area contributed by atoms with E-state index in [4.69, 9.17) is 0 Å². The van der Waals surface area contributed by atoms with Crippen LogP contribution in [-0.4, -0.2) is 6.21 Å². The highest BCUT2D eigenvalue weighted by Crippen LogP contribution is 2.80. The molecule has 3 saturated carbocycles. The Morgan fingerprint density at radius 2 is 2.07 bits per heavy atom. The predicted molar refractivity (Wildman–Crippen MR) is 128 cm³/mol. The van der Waals surface area contributed by atoms with Crippen molar-refractivity contribution in [3.8, 4) is 0 Å². The molecule has 29 heavy (non-hydrogen) atoms. The molecule has 1 aromatic rings. The Morgan fingerprint density at radius 3 is 2.62 bits per heavy atom. The maximum Gasteiger partial charge on any atom is 0.0299 e. The van der Waals surface area contributed by atoms with Crippen LogP contribution < -0.4 is 0 Å². The molecule has 5 unspecified atom stereocenters. The van der Waals surface area contributed by atoms with Crippen molar-refractivity contribution >= 4 is 6.21 Å². The fourth-order valence-corrected chi connectivity index (χ4v) is 5.84. The average molecular weight is 390 g/mol. The van der Waals surface area contributed by atoms with Crippen molar-refractivity contribution < 1.29 is 0 Å². The minimum absolute atomic E-state index is 0.514. The van der Waals surface area contributed by atoms with Crippen LogP contribution in [0.15, 0.2) is 59.8 Å². The molecule has 3 aliphatic rings. The summed E-state index contributed by atoms with van der Waals surface area (Å²) in [6, 6.07) is 7.20. The summed E-state index contributed by atoms with van der Waals surface area (Å²) in [4.78, 5) is 4.21. The van der Waals surface area contributed by atoms with Gasteiger partial charge in [-0.05, 0) is 90.4 Å². The van der Waals surface area contributed by atoms with Crippen LogP contribution in [0, 0.1) is 29.6 Å². The lowest BCUT2D eigenvalue weighted by Gasteiger charge is -2.79. The zero-order valence-electron chi connectivity index (χ0n) is 19.4. The summed E-state index contributed by atoms with van der Waals surface area (Å²) in [5.74, 6) is 2.39. The summed E-state index contributed by atoms with van der Waals surface area (Å²) in [7, 11) is 0. The molecular formula is C28H39N. The molecule has 2 bridgehead atoms. The second-order valence-corrected chi connectivity index (χ2v) is 10.2. The molecule has 0 aliphatic heterocycles. The Bertz CT molecular complexity index is 857. The van der Waals surface area contributed by atoms with E-state index in [1.165, 1.54) is 29.5 Å². The smallest absolute Gasteiger partial charge is 0.0299 e. The van der Waals surface area contributed by atoms with E-state index in [2.05, 4.69) is 77.9 Å². The van der Waals surface area contributed by atoms with Gasteiger partial charge < -0.3 is 0 Å². The maximum absolute atomic E-state index is 4.24. The summed E-state index contributed by atoms with van der Waals surface area (Å²) in [5.41, 5.74) is 7.87. The Morgan fingerprint density at radius 1 is 1.34 bits per heavy atom. The first-order chi connectivity index (χ1) is 13.6. The van der Waals surface area contributed by atoms with E-state index in [0.29, 0.717) is 16.7 Å². The van der Waals surface area contributed by atoms with Crippen LogP contribution in [0.25, 0.3) is 0 Å². The van der Waals surface area contributed by atoms with Crippen molar-refractivity contribution in [2.24, 2.45) is 27.7 Å². The lowest BCUT2D eigenvalue weighted by molar-refractivity contribution is -0.309. The monoisotopic (exact) mass is 389 g/mol. The van der Waals surface area contributed by atoms with Crippen molar-refractivity contribution in [1.29, 1.82) is 0 Å². The van der Waals surface area contributed by atoms with Crippen molar-refractivity contribution in [2.45, 2.75) is 73.1 Å². The molecule has 5 atom stereocenters. The van der Waals surface area contributed by atoms with E-state index >= 15 is 0 Å². The molecule has 1 aromatic carbocycles. The van der Waals surface area contributed by atoms with E-state index in [1.807, 2.05) is 6.20 Å². The molecule has 1 nitrogen and oxygen atoms in total. The largest absolute Gasteiger partial charge is 0.264 e. The second kappa shape index (κ2) is 8.09. The molecule has 0 heterocycles. The lowest BCUT2D eigenvalue weighted by atomic mass is 9.25. The number of hydrogen-bond donors (Lipinski definition) is 0. The average Bonchev–Trinajstić information content (AvgIpc) is 2.71. The summed E-state index contributed by atoms with van der Waals surface area (Å²) in [6.07, 6.45) is 10.1. The number of hydrogen-bond acceptors (Lipinski definition) is 1. The zero-order valence-corrected chi connectivity index (χ0v) is 19.4. The molecule has 3 fully saturated rings. The van der Waals surface area contributed by atoms with Gasteiger partial charge in [-0.3, -0.25) is 4.99 Å². The van der Waals surface area contributed by atoms with E-state index in [1.54, 1.807) is 17.9 Å². The quantitative estimate of drug-likeness (QED) is 0.301. The summed E-state index contributed by atoms with van der Waals surface area (Å²) < 4.78 is 0. The molecule has 0 spiro atoms. The highest BCUT2D eigenvalue weighted by Gasteiger charge is 2.74. The summed E-state index contributed by atoms with van der Waals surface area (Å²) in [5, 5.41) is 0. The number of aliphatic imine (C=N–C) groups is 1. The Hall–Kier alpha value is -1.89. The SMILES string of the molecule is C=CC=N/C=C(\C)C(=C)CCC(C)c1ccc(CC2(C)C3CC2(C)C3C)c(C)c1. The minimum atomic E-state index is 0.514. The topological polar surface area (TPSA) is 12.4 Å². The van der Waals surface area contributed by atoms with Gasteiger partial charge in [0.15, 0.2) is 0 Å². The standard InChI is InChI=1S/C28H39N/c1-9-14-29-18-22(5)19(2)10-11-20(3)24-12-13-25(21(4)15-24)16-28(8)26-17-27(28,7)23(26)6/h9,12-15,18,20,23,26H,1-2,10-11,16-17H2,3-8H3/b22-18+,29-14?. The number of rotatable bonds is 9. The minimum Gasteiger partial charge on any atom is -0.264 e. The van der Waals surface area contributed by atoms with Crippen LogP contribution in [0.1, 0.15) is 76.5 Å². The molecule has 3 aliphatic carbocycles. The van der Waals surface area contributed by atoms with Gasteiger partial charge in [-0.25, -0.2) is 0 Å². The van der Waals surface area contributed by atoms with Crippen LogP contribution in [0.3, 0.4) is 0 Å². The fourth-order valence-electron chi connectivity index (χ4n) is 5.84. The van der Waals surface area contributed by atoms with Crippen LogP contribution in [0.5, 0.6) is 0 Å². The maximum atomic E-state index is 4.24. The summed E-state index contributed by atoms with van der Waals surface area (Å²) in [6.45, 7) is 22.1. The van der Waals surface area contributed by atoms with E-state index < -0.39 is 0 Å².